The lowest BCUT2D eigenvalue weighted by atomic mass is 9.87. The minimum atomic E-state index is -0.490. The van der Waals surface area contributed by atoms with E-state index in [-0.39, 0.29) is 11.6 Å². The van der Waals surface area contributed by atoms with Gasteiger partial charge in [0.1, 0.15) is 11.2 Å². The Morgan fingerprint density at radius 1 is 1.08 bits per heavy atom. The lowest BCUT2D eigenvalue weighted by Gasteiger charge is -2.46. The Kier molecular flexibility index (Phi) is 3.75. The molecule has 136 valence electrons. The van der Waals surface area contributed by atoms with Crippen molar-refractivity contribution in [2.45, 2.75) is 51.6 Å². The van der Waals surface area contributed by atoms with Crippen LogP contribution in [0.2, 0.25) is 0 Å². The fourth-order valence-electron chi connectivity index (χ4n) is 4.17. The van der Waals surface area contributed by atoms with Gasteiger partial charge < -0.3 is 15.9 Å². The zero-order valence-electron chi connectivity index (χ0n) is 15.1. The SMILES string of the molecule is Cc1cc2oc(=O)cc(C)c2cc1N1C(N)=NC(N)=NC12CCCCC2. The second-order valence-corrected chi connectivity index (χ2v) is 7.20. The normalized spacial score (nSPS) is 19.5. The Bertz CT molecular complexity index is 999. The van der Waals surface area contributed by atoms with Crippen molar-refractivity contribution >= 4 is 28.6 Å². The minimum Gasteiger partial charge on any atom is -0.423 e. The average molecular weight is 353 g/mol. The molecule has 1 saturated carbocycles. The van der Waals surface area contributed by atoms with Crippen LogP contribution in [0.1, 0.15) is 43.2 Å². The van der Waals surface area contributed by atoms with Crippen molar-refractivity contribution in [3.63, 3.8) is 0 Å². The van der Waals surface area contributed by atoms with E-state index in [4.69, 9.17) is 20.9 Å². The third kappa shape index (κ3) is 2.55. The highest BCUT2D eigenvalue weighted by molar-refractivity contribution is 6.07. The molecule has 26 heavy (non-hydrogen) atoms. The Morgan fingerprint density at radius 3 is 2.54 bits per heavy atom. The topological polar surface area (TPSA) is 110 Å². The summed E-state index contributed by atoms with van der Waals surface area (Å²) in [7, 11) is 0. The number of anilines is 1. The monoisotopic (exact) mass is 353 g/mol. The number of fused-ring (bicyclic) bond motifs is 1. The summed E-state index contributed by atoms with van der Waals surface area (Å²) in [6, 6.07) is 5.39. The number of nitrogens with two attached hydrogens (primary N) is 2. The van der Waals surface area contributed by atoms with Crippen molar-refractivity contribution in [3.05, 3.63) is 39.7 Å². The summed E-state index contributed by atoms with van der Waals surface area (Å²) in [6.45, 7) is 3.88. The van der Waals surface area contributed by atoms with Gasteiger partial charge in [0.2, 0.25) is 11.9 Å². The van der Waals surface area contributed by atoms with Crippen molar-refractivity contribution in [2.75, 3.05) is 4.90 Å². The van der Waals surface area contributed by atoms with Crippen LogP contribution in [-0.2, 0) is 0 Å². The summed E-state index contributed by atoms with van der Waals surface area (Å²) in [5, 5.41) is 0.881. The molecule has 0 saturated heterocycles. The predicted octanol–water partition coefficient (Wildman–Crippen LogP) is 2.52. The summed E-state index contributed by atoms with van der Waals surface area (Å²) in [6.07, 6.45) is 5.08. The maximum absolute atomic E-state index is 11.7. The van der Waals surface area contributed by atoms with Gasteiger partial charge in [-0.15, -0.1) is 0 Å². The number of hydrogen-bond acceptors (Lipinski definition) is 7. The molecule has 0 atom stereocenters. The molecule has 1 spiro atoms. The van der Waals surface area contributed by atoms with Gasteiger partial charge in [0.05, 0.1) is 5.69 Å². The molecule has 0 radical (unpaired) electrons. The summed E-state index contributed by atoms with van der Waals surface area (Å²) in [5.41, 5.74) is 14.7. The molecule has 2 heterocycles. The maximum atomic E-state index is 11.7. The first-order valence-electron chi connectivity index (χ1n) is 8.94. The molecule has 1 aromatic carbocycles. The fourth-order valence-corrected chi connectivity index (χ4v) is 4.17. The van der Waals surface area contributed by atoms with Gasteiger partial charge >= 0.3 is 5.63 Å². The van der Waals surface area contributed by atoms with Gasteiger partial charge in [-0.1, -0.05) is 6.42 Å². The first kappa shape index (κ1) is 16.6. The van der Waals surface area contributed by atoms with Crippen LogP contribution in [0.15, 0.2) is 37.4 Å². The minimum absolute atomic E-state index is 0.237. The molecule has 7 heteroatoms. The van der Waals surface area contributed by atoms with E-state index in [0.29, 0.717) is 11.5 Å². The van der Waals surface area contributed by atoms with E-state index in [2.05, 4.69) is 4.99 Å². The molecule has 0 bridgehead atoms. The summed E-state index contributed by atoms with van der Waals surface area (Å²) in [5.74, 6) is 0.596. The molecule has 0 unspecified atom stereocenters. The lowest BCUT2D eigenvalue weighted by molar-refractivity contribution is 0.305. The van der Waals surface area contributed by atoms with Crippen LogP contribution in [0, 0.1) is 13.8 Å². The third-order valence-corrected chi connectivity index (χ3v) is 5.36. The van der Waals surface area contributed by atoms with Crippen molar-refractivity contribution in [1.29, 1.82) is 0 Å². The van der Waals surface area contributed by atoms with Gasteiger partial charge in [-0.05, 0) is 62.8 Å². The van der Waals surface area contributed by atoms with Crippen LogP contribution in [0.5, 0.6) is 0 Å². The van der Waals surface area contributed by atoms with Gasteiger partial charge in [-0.25, -0.2) is 9.79 Å². The van der Waals surface area contributed by atoms with E-state index in [0.717, 1.165) is 47.9 Å². The number of rotatable bonds is 1. The van der Waals surface area contributed by atoms with Gasteiger partial charge in [0, 0.05) is 11.5 Å². The van der Waals surface area contributed by atoms with Crippen molar-refractivity contribution in [3.8, 4) is 0 Å². The molecule has 2 aliphatic rings. The van der Waals surface area contributed by atoms with Gasteiger partial charge in [-0.2, -0.15) is 4.99 Å². The summed E-state index contributed by atoms with van der Waals surface area (Å²) < 4.78 is 5.36. The third-order valence-electron chi connectivity index (χ3n) is 5.36. The highest BCUT2D eigenvalue weighted by Gasteiger charge is 2.43. The number of guanidine groups is 2. The van der Waals surface area contributed by atoms with Crippen LogP contribution in [0.3, 0.4) is 0 Å². The smallest absolute Gasteiger partial charge is 0.336 e. The first-order valence-corrected chi connectivity index (χ1v) is 8.94. The van der Waals surface area contributed by atoms with E-state index >= 15 is 0 Å². The van der Waals surface area contributed by atoms with Crippen molar-refractivity contribution in [1.82, 2.24) is 0 Å². The average Bonchev–Trinajstić information content (AvgIpc) is 2.55. The highest BCUT2D eigenvalue weighted by atomic mass is 16.4. The summed E-state index contributed by atoms with van der Waals surface area (Å²) >= 11 is 0. The Hall–Kier alpha value is -2.83. The van der Waals surface area contributed by atoms with E-state index in [1.165, 1.54) is 12.5 Å². The number of aryl methyl sites for hydroxylation is 2. The largest absolute Gasteiger partial charge is 0.423 e. The van der Waals surface area contributed by atoms with Crippen molar-refractivity contribution in [2.24, 2.45) is 21.5 Å². The Balaban J connectivity index is 1.93. The molecule has 1 aliphatic carbocycles. The summed E-state index contributed by atoms with van der Waals surface area (Å²) in [4.78, 5) is 22.6. The van der Waals surface area contributed by atoms with Crippen molar-refractivity contribution < 1.29 is 4.42 Å². The Labute approximate surface area is 151 Å². The van der Waals surface area contributed by atoms with Gasteiger partial charge in [0.15, 0.2) is 0 Å². The van der Waals surface area contributed by atoms with Crippen LogP contribution < -0.4 is 22.0 Å². The van der Waals surface area contributed by atoms with Crippen LogP contribution in [0.4, 0.5) is 5.69 Å². The second-order valence-electron chi connectivity index (χ2n) is 7.20. The lowest BCUT2D eigenvalue weighted by Crippen LogP contribution is -2.58. The molecule has 1 fully saturated rings. The molecular formula is C19H23N5O2. The number of aliphatic imine (C=N–C) groups is 2. The molecule has 4 rings (SSSR count). The molecule has 1 aromatic heterocycles. The standard InChI is InChI=1S/C19H23N5O2/c1-11-9-16(25)26-15-8-12(2)14(10-13(11)15)24-18(21)22-17(20)23-19(24)6-4-3-5-7-19/h8-10H,3-7H2,1-2H3,(H4,20,21,22,23). The first-order chi connectivity index (χ1) is 12.4. The second kappa shape index (κ2) is 5.86. The van der Waals surface area contributed by atoms with E-state index in [1.807, 2.05) is 30.9 Å². The van der Waals surface area contributed by atoms with E-state index < -0.39 is 5.66 Å². The molecule has 0 amide bonds. The fraction of sp³-hybridized carbons (Fsp3) is 0.421. The van der Waals surface area contributed by atoms with Crippen LogP contribution >= 0.6 is 0 Å². The Morgan fingerprint density at radius 2 is 1.81 bits per heavy atom. The molecular weight excluding hydrogens is 330 g/mol. The maximum Gasteiger partial charge on any atom is 0.336 e. The van der Waals surface area contributed by atoms with Crippen LogP contribution in [-0.4, -0.2) is 17.6 Å². The number of nitrogens with zero attached hydrogens (tertiary/aromatic N) is 3. The van der Waals surface area contributed by atoms with Crippen LogP contribution in [0.25, 0.3) is 11.0 Å². The quantitative estimate of drug-likeness (QED) is 0.765. The number of benzene rings is 1. The highest BCUT2D eigenvalue weighted by Crippen LogP contribution is 2.41. The molecule has 7 nitrogen and oxygen atoms in total. The van der Waals surface area contributed by atoms with Gasteiger partial charge in [0.25, 0.3) is 0 Å². The van der Waals surface area contributed by atoms with E-state index in [9.17, 15) is 4.79 Å². The predicted molar refractivity (Wildman–Crippen MR) is 103 cm³/mol. The zero-order valence-corrected chi connectivity index (χ0v) is 15.1. The van der Waals surface area contributed by atoms with E-state index in [1.54, 1.807) is 0 Å². The molecule has 1 aliphatic heterocycles. The number of hydrogen-bond donors (Lipinski definition) is 2. The molecule has 2 aromatic rings. The van der Waals surface area contributed by atoms with Gasteiger partial charge in [-0.3, -0.25) is 4.90 Å². The molecule has 4 N–H and O–H groups in total. The zero-order chi connectivity index (χ0) is 18.5.